The Kier molecular flexibility index (Phi) is 3.61. The second-order valence-electron chi connectivity index (χ2n) is 5.41. The summed E-state index contributed by atoms with van der Waals surface area (Å²) in [6, 6.07) is 0. The van der Waals surface area contributed by atoms with E-state index in [0.717, 1.165) is 5.92 Å². The molecule has 1 atom stereocenters. The van der Waals surface area contributed by atoms with Crippen LogP contribution in [0.5, 0.6) is 0 Å². The first-order chi connectivity index (χ1) is 5.60. The van der Waals surface area contributed by atoms with Crippen LogP contribution in [0.3, 0.4) is 0 Å². The smallest absolute Gasteiger partial charge is 0.0354 e. The summed E-state index contributed by atoms with van der Waals surface area (Å²) >= 11 is 0. The topological polar surface area (TPSA) is 0 Å². The molecule has 0 saturated heterocycles. The van der Waals surface area contributed by atoms with Gasteiger partial charge in [-0.25, -0.2) is 0 Å². The van der Waals surface area contributed by atoms with Crippen molar-refractivity contribution in [1.29, 1.82) is 0 Å². The van der Waals surface area contributed by atoms with Gasteiger partial charge < -0.3 is 0 Å². The fraction of sp³-hybridized carbons (Fsp3) is 1.00. The van der Waals surface area contributed by atoms with E-state index in [-0.39, 0.29) is 0 Å². The van der Waals surface area contributed by atoms with Crippen LogP contribution in [0.1, 0.15) is 65.7 Å². The van der Waals surface area contributed by atoms with Gasteiger partial charge in [-0.15, -0.1) is 0 Å². The maximum absolute atomic E-state index is 2.43. The van der Waals surface area contributed by atoms with E-state index in [9.17, 15) is 0 Å². The summed E-state index contributed by atoms with van der Waals surface area (Å²) in [5.74, 6) is 0.985. The fourth-order valence-corrected chi connectivity index (χ4v) is 2.29. The minimum absolute atomic E-state index is 0.629. The van der Waals surface area contributed by atoms with Gasteiger partial charge >= 0.3 is 0 Å². The third-order valence-corrected chi connectivity index (χ3v) is 3.35. The van der Waals surface area contributed by atoms with Crippen LogP contribution in [-0.2, 0) is 0 Å². The fourth-order valence-electron chi connectivity index (χ4n) is 2.29. The molecule has 0 amide bonds. The standard InChI is InChI=1S/C12H24/c1-11-7-4-5-9-12(2,3)10-6-8-11/h11H,4-10H2,1-3H3. The summed E-state index contributed by atoms with van der Waals surface area (Å²) in [5, 5.41) is 0. The van der Waals surface area contributed by atoms with Crippen LogP contribution in [0, 0.1) is 11.3 Å². The highest BCUT2D eigenvalue weighted by Crippen LogP contribution is 2.33. The Morgan fingerprint density at radius 2 is 1.50 bits per heavy atom. The first kappa shape index (κ1) is 10.1. The highest BCUT2D eigenvalue weighted by molar-refractivity contribution is 4.71. The molecule has 0 spiro atoms. The lowest BCUT2D eigenvalue weighted by Gasteiger charge is -2.23. The van der Waals surface area contributed by atoms with Crippen LogP contribution in [0.2, 0.25) is 0 Å². The zero-order valence-corrected chi connectivity index (χ0v) is 9.03. The van der Waals surface area contributed by atoms with E-state index in [2.05, 4.69) is 20.8 Å². The Morgan fingerprint density at radius 1 is 0.917 bits per heavy atom. The molecule has 0 aliphatic heterocycles. The van der Waals surface area contributed by atoms with Gasteiger partial charge in [0.05, 0.1) is 0 Å². The van der Waals surface area contributed by atoms with Gasteiger partial charge in [-0.05, 0) is 24.2 Å². The number of hydrogen-bond donors (Lipinski definition) is 0. The summed E-state index contributed by atoms with van der Waals surface area (Å²) in [7, 11) is 0. The quantitative estimate of drug-likeness (QED) is 0.503. The average molecular weight is 168 g/mol. The lowest BCUT2D eigenvalue weighted by Crippen LogP contribution is -2.10. The van der Waals surface area contributed by atoms with Crippen molar-refractivity contribution in [3.05, 3.63) is 0 Å². The molecule has 12 heavy (non-hydrogen) atoms. The molecule has 0 heteroatoms. The molecule has 72 valence electrons. The van der Waals surface area contributed by atoms with E-state index in [1.165, 1.54) is 44.9 Å². The summed E-state index contributed by atoms with van der Waals surface area (Å²) in [5.41, 5.74) is 0.629. The maximum atomic E-state index is 2.43. The first-order valence-corrected chi connectivity index (χ1v) is 5.60. The van der Waals surface area contributed by atoms with Gasteiger partial charge in [0.1, 0.15) is 0 Å². The Balaban J connectivity index is 2.37. The summed E-state index contributed by atoms with van der Waals surface area (Å²) < 4.78 is 0. The second kappa shape index (κ2) is 4.30. The van der Waals surface area contributed by atoms with Crippen LogP contribution in [0.4, 0.5) is 0 Å². The predicted octanol–water partition coefficient (Wildman–Crippen LogP) is 4.39. The third kappa shape index (κ3) is 3.60. The van der Waals surface area contributed by atoms with Crippen molar-refractivity contribution >= 4 is 0 Å². The summed E-state index contributed by atoms with van der Waals surface area (Å²) in [4.78, 5) is 0. The monoisotopic (exact) mass is 168 g/mol. The van der Waals surface area contributed by atoms with Gasteiger partial charge in [0.2, 0.25) is 0 Å². The van der Waals surface area contributed by atoms with Gasteiger partial charge in [-0.2, -0.15) is 0 Å². The highest BCUT2D eigenvalue weighted by Gasteiger charge is 2.19. The Bertz CT molecular complexity index is 124. The molecule has 0 aromatic rings. The van der Waals surface area contributed by atoms with Crippen LogP contribution >= 0.6 is 0 Å². The van der Waals surface area contributed by atoms with E-state index in [1.54, 1.807) is 0 Å². The van der Waals surface area contributed by atoms with Crippen molar-refractivity contribution in [2.75, 3.05) is 0 Å². The van der Waals surface area contributed by atoms with E-state index >= 15 is 0 Å². The van der Waals surface area contributed by atoms with Crippen molar-refractivity contribution in [3.8, 4) is 0 Å². The Morgan fingerprint density at radius 3 is 2.25 bits per heavy atom. The molecule has 1 aliphatic carbocycles. The average Bonchev–Trinajstić information content (AvgIpc) is 2.02. The van der Waals surface area contributed by atoms with Crippen LogP contribution in [0.25, 0.3) is 0 Å². The van der Waals surface area contributed by atoms with Crippen molar-refractivity contribution < 1.29 is 0 Å². The SMILES string of the molecule is CC1CCCCC(C)(C)CCC1. The van der Waals surface area contributed by atoms with Gasteiger partial charge in [0, 0.05) is 0 Å². The minimum Gasteiger partial charge on any atom is -0.0625 e. The van der Waals surface area contributed by atoms with Crippen molar-refractivity contribution in [3.63, 3.8) is 0 Å². The van der Waals surface area contributed by atoms with Crippen LogP contribution in [-0.4, -0.2) is 0 Å². The molecule has 0 bridgehead atoms. The molecule has 1 fully saturated rings. The zero-order valence-electron chi connectivity index (χ0n) is 9.03. The van der Waals surface area contributed by atoms with Crippen LogP contribution < -0.4 is 0 Å². The lowest BCUT2D eigenvalue weighted by atomic mass is 9.83. The molecule has 0 aromatic heterocycles. The molecular formula is C12H24. The zero-order chi connectivity index (χ0) is 9.03. The predicted molar refractivity (Wildman–Crippen MR) is 55.3 cm³/mol. The molecule has 1 aliphatic rings. The second-order valence-corrected chi connectivity index (χ2v) is 5.41. The molecule has 0 N–H and O–H groups in total. The van der Waals surface area contributed by atoms with E-state index in [1.807, 2.05) is 0 Å². The van der Waals surface area contributed by atoms with Crippen molar-refractivity contribution in [2.45, 2.75) is 65.7 Å². The molecule has 1 rings (SSSR count). The molecule has 1 saturated carbocycles. The highest BCUT2D eigenvalue weighted by atomic mass is 14.2. The first-order valence-electron chi connectivity index (χ1n) is 5.60. The normalized spacial score (nSPS) is 31.8. The lowest BCUT2D eigenvalue weighted by molar-refractivity contribution is 0.292. The number of rotatable bonds is 0. The van der Waals surface area contributed by atoms with Crippen LogP contribution in [0.15, 0.2) is 0 Å². The minimum atomic E-state index is 0.629. The maximum Gasteiger partial charge on any atom is -0.0354 e. The van der Waals surface area contributed by atoms with Crippen molar-refractivity contribution in [2.24, 2.45) is 11.3 Å². The largest absolute Gasteiger partial charge is 0.0625 e. The molecule has 0 nitrogen and oxygen atoms in total. The van der Waals surface area contributed by atoms with Crippen molar-refractivity contribution in [1.82, 2.24) is 0 Å². The van der Waals surface area contributed by atoms with Gasteiger partial charge in [-0.3, -0.25) is 0 Å². The number of hydrogen-bond acceptors (Lipinski definition) is 0. The Hall–Kier alpha value is 0. The van der Waals surface area contributed by atoms with Gasteiger partial charge in [0.25, 0.3) is 0 Å². The third-order valence-electron chi connectivity index (χ3n) is 3.35. The molecule has 0 radical (unpaired) electrons. The molecule has 0 aromatic carbocycles. The van der Waals surface area contributed by atoms with E-state index in [4.69, 9.17) is 0 Å². The summed E-state index contributed by atoms with van der Waals surface area (Å²) in [6.45, 7) is 7.28. The Labute approximate surface area is 77.7 Å². The van der Waals surface area contributed by atoms with E-state index < -0.39 is 0 Å². The summed E-state index contributed by atoms with van der Waals surface area (Å²) in [6.07, 6.45) is 10.2. The molecular weight excluding hydrogens is 144 g/mol. The van der Waals surface area contributed by atoms with E-state index in [0.29, 0.717) is 5.41 Å². The molecule has 0 heterocycles. The van der Waals surface area contributed by atoms with Gasteiger partial charge in [-0.1, -0.05) is 52.9 Å². The molecule has 1 unspecified atom stereocenters. The van der Waals surface area contributed by atoms with Gasteiger partial charge in [0.15, 0.2) is 0 Å².